The van der Waals surface area contributed by atoms with E-state index in [0.29, 0.717) is 13.1 Å². The topological polar surface area (TPSA) is 65.8 Å². The Kier molecular flexibility index (Phi) is 9.15. The molecule has 0 aromatic heterocycles. The van der Waals surface area contributed by atoms with Gasteiger partial charge in [0.05, 0.1) is 22.9 Å². The molecule has 37 heavy (non-hydrogen) atoms. The second-order valence-corrected chi connectivity index (χ2v) is 10.2. The van der Waals surface area contributed by atoms with Crippen molar-refractivity contribution < 1.29 is 18.0 Å². The van der Waals surface area contributed by atoms with Crippen molar-refractivity contribution in [2.75, 3.05) is 50.7 Å². The molecule has 0 atom stereocenters. The molecule has 2 heterocycles. The maximum atomic E-state index is 13.5. The second kappa shape index (κ2) is 11.8. The van der Waals surface area contributed by atoms with Crippen LogP contribution in [-0.2, 0) is 11.0 Å². The Morgan fingerprint density at radius 1 is 1.22 bits per heavy atom. The Morgan fingerprint density at radius 2 is 1.86 bits per heavy atom. The number of halogens is 3. The predicted molar refractivity (Wildman–Crippen MR) is 145 cm³/mol. The minimum absolute atomic E-state index is 0.00951. The van der Waals surface area contributed by atoms with E-state index in [1.807, 2.05) is 0 Å². The summed E-state index contributed by atoms with van der Waals surface area (Å²) in [4.78, 5) is 20.6. The molecule has 1 N–H and O–H groups in total. The highest BCUT2D eigenvalue weighted by molar-refractivity contribution is 7.80. The zero-order chi connectivity index (χ0) is 27.4. The normalized spacial score (nSPS) is 18.2. The monoisotopic (exact) mass is 552 g/mol. The van der Waals surface area contributed by atoms with Crippen molar-refractivity contribution in [3.63, 3.8) is 0 Å². The molecule has 1 aromatic rings. The van der Waals surface area contributed by atoms with E-state index < -0.39 is 28.7 Å². The van der Waals surface area contributed by atoms with Gasteiger partial charge in [-0.25, -0.2) is 0 Å². The number of carbonyl (C=O) groups is 1. The highest BCUT2D eigenvalue weighted by atomic mass is 32.1. The quantitative estimate of drug-likeness (QED) is 0.297. The fraction of sp³-hybridized carbons (Fsp3) is 0.520. The van der Waals surface area contributed by atoms with Crippen molar-refractivity contribution in [1.29, 1.82) is 5.26 Å². The summed E-state index contributed by atoms with van der Waals surface area (Å²) in [5.41, 5.74) is -2.57. The van der Waals surface area contributed by atoms with E-state index in [9.17, 15) is 18.0 Å². The van der Waals surface area contributed by atoms with E-state index in [4.69, 9.17) is 29.7 Å². The van der Waals surface area contributed by atoms with E-state index in [1.165, 1.54) is 6.07 Å². The van der Waals surface area contributed by atoms with Gasteiger partial charge in [-0.3, -0.25) is 14.6 Å². The summed E-state index contributed by atoms with van der Waals surface area (Å²) < 4.78 is 40.4. The van der Waals surface area contributed by atoms with Gasteiger partial charge in [0.1, 0.15) is 5.54 Å². The van der Waals surface area contributed by atoms with Crippen molar-refractivity contribution in [3.8, 4) is 6.07 Å². The molecule has 0 spiro atoms. The summed E-state index contributed by atoms with van der Waals surface area (Å²) in [7, 11) is 0. The fourth-order valence-corrected chi connectivity index (χ4v) is 5.27. The molecule has 1 aromatic carbocycles. The smallest absolute Gasteiger partial charge is 0.359 e. The third-order valence-corrected chi connectivity index (χ3v) is 7.48. The number of benzene rings is 1. The van der Waals surface area contributed by atoms with Crippen molar-refractivity contribution in [2.24, 2.45) is 0 Å². The highest BCUT2D eigenvalue weighted by Gasteiger charge is 2.49. The first-order chi connectivity index (χ1) is 17.4. The molecule has 12 heteroatoms. The Morgan fingerprint density at radius 3 is 2.46 bits per heavy atom. The molecule has 0 saturated carbocycles. The molecular formula is C25H31F3N6OS2. The van der Waals surface area contributed by atoms with E-state index in [-0.39, 0.29) is 10.8 Å². The third kappa shape index (κ3) is 6.40. The molecule has 200 valence electrons. The van der Waals surface area contributed by atoms with Crippen LogP contribution in [0.1, 0.15) is 37.8 Å². The van der Waals surface area contributed by atoms with Crippen LogP contribution in [0.3, 0.4) is 0 Å². The fourth-order valence-electron chi connectivity index (χ4n) is 4.49. The van der Waals surface area contributed by atoms with Crippen molar-refractivity contribution in [3.05, 3.63) is 42.0 Å². The number of alkyl halides is 3. The van der Waals surface area contributed by atoms with Crippen LogP contribution in [-0.4, -0.2) is 82.2 Å². The van der Waals surface area contributed by atoms with Crippen LogP contribution in [0.5, 0.6) is 0 Å². The van der Waals surface area contributed by atoms with Crippen LogP contribution in [0.25, 0.3) is 0 Å². The Bertz CT molecular complexity index is 1090. The standard InChI is InChI=1S/C25H31F3N6OS2/c1-4-9-30-22(36)32-14-12-31(13-15-32)10-5-6-11-33-23(37)34(21(35)24(33,2)3)19-8-7-18(17-29)20(16-19)25(26,27)28/h4,7-8,16H,1,5-6,9-15H2,2-3H3,(H,30,36). The van der Waals surface area contributed by atoms with Crippen LogP contribution in [0.2, 0.25) is 0 Å². The molecule has 7 nitrogen and oxygen atoms in total. The molecule has 2 fully saturated rings. The predicted octanol–water partition coefficient (Wildman–Crippen LogP) is 3.75. The summed E-state index contributed by atoms with van der Waals surface area (Å²) in [5.74, 6) is -0.396. The van der Waals surface area contributed by atoms with Gasteiger partial charge in [-0.2, -0.15) is 18.4 Å². The number of carbonyl (C=O) groups excluding carboxylic acids is 1. The van der Waals surface area contributed by atoms with E-state index in [2.05, 4.69) is 21.7 Å². The first-order valence-corrected chi connectivity index (χ1v) is 12.9. The second-order valence-electron chi connectivity index (χ2n) is 9.48. The number of piperazine rings is 1. The zero-order valence-corrected chi connectivity index (χ0v) is 22.6. The summed E-state index contributed by atoms with van der Waals surface area (Å²) in [5, 5.41) is 13.1. The lowest BCUT2D eigenvalue weighted by molar-refractivity contribution is -0.137. The molecule has 3 rings (SSSR count). The lowest BCUT2D eigenvalue weighted by Crippen LogP contribution is -2.51. The highest BCUT2D eigenvalue weighted by Crippen LogP contribution is 2.37. The Labute approximate surface area is 226 Å². The molecule has 2 saturated heterocycles. The van der Waals surface area contributed by atoms with Crippen LogP contribution in [0, 0.1) is 11.3 Å². The number of anilines is 1. The maximum absolute atomic E-state index is 13.5. The molecule has 0 bridgehead atoms. The Hall–Kier alpha value is -2.75. The lowest BCUT2D eigenvalue weighted by atomic mass is 10.0. The number of nitrogens with zero attached hydrogens (tertiary/aromatic N) is 5. The zero-order valence-electron chi connectivity index (χ0n) is 21.0. The third-order valence-electron chi connectivity index (χ3n) is 6.67. The van der Waals surface area contributed by atoms with Gasteiger partial charge >= 0.3 is 6.18 Å². The molecule has 0 unspecified atom stereocenters. The first kappa shape index (κ1) is 28.8. The van der Waals surface area contributed by atoms with Crippen molar-refractivity contribution in [2.45, 2.75) is 38.4 Å². The number of amides is 1. The van der Waals surface area contributed by atoms with Gasteiger partial charge in [-0.15, -0.1) is 6.58 Å². The average Bonchev–Trinajstić information content (AvgIpc) is 3.03. The minimum Gasteiger partial charge on any atom is -0.359 e. The van der Waals surface area contributed by atoms with Crippen LogP contribution < -0.4 is 10.2 Å². The molecular weight excluding hydrogens is 521 g/mol. The molecule has 0 radical (unpaired) electrons. The lowest BCUT2D eigenvalue weighted by Gasteiger charge is -2.36. The maximum Gasteiger partial charge on any atom is 0.417 e. The number of hydrogen-bond donors (Lipinski definition) is 1. The van der Waals surface area contributed by atoms with Gasteiger partial charge in [-0.05, 0) is 75.9 Å². The summed E-state index contributed by atoms with van der Waals surface area (Å²) >= 11 is 11.0. The number of hydrogen-bond acceptors (Lipinski definition) is 5. The van der Waals surface area contributed by atoms with Crippen molar-refractivity contribution in [1.82, 2.24) is 20.0 Å². The van der Waals surface area contributed by atoms with E-state index in [1.54, 1.807) is 30.9 Å². The van der Waals surface area contributed by atoms with Gasteiger partial charge in [-0.1, -0.05) is 6.08 Å². The summed E-state index contributed by atoms with van der Waals surface area (Å²) in [6, 6.07) is 4.78. The van der Waals surface area contributed by atoms with Crippen molar-refractivity contribution >= 4 is 46.3 Å². The van der Waals surface area contributed by atoms with Crippen LogP contribution >= 0.6 is 24.4 Å². The SMILES string of the molecule is C=CCNC(=S)N1CCN(CCCCN2C(=S)N(c3ccc(C#N)c(C(F)(F)F)c3)C(=O)C2(C)C)CC1. The van der Waals surface area contributed by atoms with E-state index >= 15 is 0 Å². The van der Waals surface area contributed by atoms with Crippen LogP contribution in [0.15, 0.2) is 30.9 Å². The van der Waals surface area contributed by atoms with Gasteiger partial charge in [0, 0.05) is 39.3 Å². The minimum atomic E-state index is -4.72. The first-order valence-electron chi connectivity index (χ1n) is 12.1. The van der Waals surface area contributed by atoms with Gasteiger partial charge in [0.15, 0.2) is 10.2 Å². The molecule has 2 aliphatic heterocycles. The number of thiocarbonyl (C=S) groups is 2. The average molecular weight is 553 g/mol. The number of rotatable bonds is 8. The van der Waals surface area contributed by atoms with Crippen LogP contribution in [0.4, 0.5) is 18.9 Å². The van der Waals surface area contributed by atoms with Gasteiger partial charge < -0.3 is 15.1 Å². The molecule has 0 aliphatic carbocycles. The van der Waals surface area contributed by atoms with Gasteiger partial charge in [0.2, 0.25) is 0 Å². The summed E-state index contributed by atoms with van der Waals surface area (Å²) in [6.45, 7) is 12.7. The van der Waals surface area contributed by atoms with E-state index in [0.717, 1.165) is 67.7 Å². The number of nitriles is 1. The summed E-state index contributed by atoms with van der Waals surface area (Å²) in [6.07, 6.45) is -1.30. The number of nitrogens with one attached hydrogen (secondary N) is 1. The van der Waals surface area contributed by atoms with Gasteiger partial charge in [0.25, 0.3) is 5.91 Å². The largest absolute Gasteiger partial charge is 0.417 e. The Balaban J connectivity index is 1.58. The number of unbranched alkanes of at least 4 members (excludes halogenated alkanes) is 1. The molecule has 1 amide bonds. The molecule has 2 aliphatic rings.